The first kappa shape index (κ1) is 12.6. The number of benzene rings is 1. The first-order chi connectivity index (χ1) is 8.18. The summed E-state index contributed by atoms with van der Waals surface area (Å²) in [6.07, 6.45) is 2.84. The fourth-order valence-corrected chi connectivity index (χ4v) is 2.51. The van der Waals surface area contributed by atoms with Gasteiger partial charge in [-0.3, -0.25) is 0 Å². The zero-order valence-corrected chi connectivity index (χ0v) is 11.3. The molecule has 0 aliphatic heterocycles. The van der Waals surface area contributed by atoms with Crippen molar-refractivity contribution in [2.75, 3.05) is 6.54 Å². The van der Waals surface area contributed by atoms with Crippen molar-refractivity contribution in [1.29, 1.82) is 0 Å². The Morgan fingerprint density at radius 3 is 2.29 bits per heavy atom. The van der Waals surface area contributed by atoms with Gasteiger partial charge in [-0.2, -0.15) is 0 Å². The molecule has 0 heterocycles. The second-order valence-electron chi connectivity index (χ2n) is 5.80. The van der Waals surface area contributed by atoms with Crippen molar-refractivity contribution in [2.45, 2.75) is 45.6 Å². The fourth-order valence-electron chi connectivity index (χ4n) is 2.51. The molecule has 0 saturated heterocycles. The summed E-state index contributed by atoms with van der Waals surface area (Å²) in [5, 5.41) is 3.72. The lowest BCUT2D eigenvalue weighted by atomic mass is 9.88. The molecule has 1 nitrogen and oxygen atoms in total. The summed E-state index contributed by atoms with van der Waals surface area (Å²) in [7, 11) is 0. The van der Waals surface area contributed by atoms with E-state index < -0.39 is 0 Å². The van der Waals surface area contributed by atoms with Crippen molar-refractivity contribution >= 4 is 0 Å². The zero-order chi connectivity index (χ0) is 12.3. The molecule has 1 aromatic rings. The normalized spacial score (nSPS) is 19.3. The maximum absolute atomic E-state index is 3.72. The van der Waals surface area contributed by atoms with Gasteiger partial charge in [0.05, 0.1) is 0 Å². The van der Waals surface area contributed by atoms with Crippen LogP contribution in [0.25, 0.3) is 0 Å². The summed E-state index contributed by atoms with van der Waals surface area (Å²) in [5.41, 5.74) is 1.47. The average molecular weight is 231 g/mol. The smallest absolute Gasteiger partial charge is 0.00672 e. The molecule has 0 amide bonds. The number of hydrogen-bond donors (Lipinski definition) is 1. The molecule has 1 heteroatoms. The predicted octanol–water partition coefficient (Wildman–Crippen LogP) is 3.81. The van der Waals surface area contributed by atoms with Crippen molar-refractivity contribution in [3.05, 3.63) is 35.9 Å². The van der Waals surface area contributed by atoms with E-state index in [1.165, 1.54) is 18.4 Å². The van der Waals surface area contributed by atoms with E-state index in [2.05, 4.69) is 56.4 Å². The van der Waals surface area contributed by atoms with Crippen LogP contribution in [-0.4, -0.2) is 12.6 Å². The molecule has 0 bridgehead atoms. The molecule has 1 N–H and O–H groups in total. The molecule has 0 radical (unpaired) electrons. The first-order valence-corrected chi connectivity index (χ1v) is 6.97. The summed E-state index contributed by atoms with van der Waals surface area (Å²) in [4.78, 5) is 0. The third-order valence-electron chi connectivity index (χ3n) is 4.02. The molecule has 1 saturated carbocycles. The monoisotopic (exact) mass is 231 g/mol. The number of hydrogen-bond acceptors (Lipinski definition) is 1. The topological polar surface area (TPSA) is 12.0 Å². The average Bonchev–Trinajstić information content (AvgIpc) is 3.14. The van der Waals surface area contributed by atoms with Crippen molar-refractivity contribution in [1.82, 2.24) is 5.32 Å². The molecule has 1 aliphatic carbocycles. The lowest BCUT2D eigenvalue weighted by molar-refractivity contribution is 0.413. The second-order valence-corrected chi connectivity index (χ2v) is 5.80. The van der Waals surface area contributed by atoms with Crippen LogP contribution < -0.4 is 5.32 Å². The van der Waals surface area contributed by atoms with Crippen LogP contribution in [0.5, 0.6) is 0 Å². The Bertz CT molecular complexity index is 327. The molecular weight excluding hydrogens is 206 g/mol. The van der Waals surface area contributed by atoms with Gasteiger partial charge in [0.1, 0.15) is 0 Å². The van der Waals surface area contributed by atoms with Crippen LogP contribution in [0.1, 0.15) is 45.1 Å². The summed E-state index contributed by atoms with van der Waals surface area (Å²) >= 11 is 0. The Morgan fingerprint density at radius 1 is 1.12 bits per heavy atom. The van der Waals surface area contributed by atoms with Gasteiger partial charge in [-0.05, 0) is 43.1 Å². The molecule has 0 aromatic heterocycles. The van der Waals surface area contributed by atoms with E-state index in [9.17, 15) is 0 Å². The summed E-state index contributed by atoms with van der Waals surface area (Å²) in [5.74, 6) is 2.27. The molecule has 1 aliphatic rings. The van der Waals surface area contributed by atoms with Crippen molar-refractivity contribution in [3.63, 3.8) is 0 Å². The third kappa shape index (κ3) is 3.57. The Kier molecular flexibility index (Phi) is 4.22. The van der Waals surface area contributed by atoms with Crippen LogP contribution in [-0.2, 0) is 0 Å². The second kappa shape index (κ2) is 5.68. The third-order valence-corrected chi connectivity index (χ3v) is 4.02. The van der Waals surface area contributed by atoms with Crippen LogP contribution in [0.2, 0.25) is 0 Å². The molecule has 1 aromatic carbocycles. The molecule has 0 spiro atoms. The summed E-state index contributed by atoms with van der Waals surface area (Å²) in [6, 6.07) is 11.6. The maximum atomic E-state index is 3.72. The van der Waals surface area contributed by atoms with Crippen molar-refractivity contribution in [3.8, 4) is 0 Å². The van der Waals surface area contributed by atoms with E-state index in [1.807, 2.05) is 0 Å². The van der Waals surface area contributed by atoms with Crippen molar-refractivity contribution in [2.24, 2.45) is 11.8 Å². The highest BCUT2D eigenvalue weighted by molar-refractivity contribution is 5.20. The van der Waals surface area contributed by atoms with Crippen LogP contribution >= 0.6 is 0 Å². The lowest BCUT2D eigenvalue weighted by Gasteiger charge is -2.24. The lowest BCUT2D eigenvalue weighted by Crippen LogP contribution is -2.33. The van der Waals surface area contributed by atoms with Crippen LogP contribution in [0.15, 0.2) is 30.3 Å². The Hall–Kier alpha value is -0.820. The fraction of sp³-hybridized carbons (Fsp3) is 0.625. The van der Waals surface area contributed by atoms with Crippen LogP contribution in [0.3, 0.4) is 0 Å². The minimum atomic E-state index is 0.636. The van der Waals surface area contributed by atoms with E-state index in [0.29, 0.717) is 17.9 Å². The highest BCUT2D eigenvalue weighted by atomic mass is 14.9. The molecule has 2 unspecified atom stereocenters. The van der Waals surface area contributed by atoms with E-state index in [-0.39, 0.29) is 0 Å². The molecule has 2 atom stereocenters. The zero-order valence-electron chi connectivity index (χ0n) is 11.3. The minimum absolute atomic E-state index is 0.636. The van der Waals surface area contributed by atoms with Gasteiger partial charge in [0.15, 0.2) is 0 Å². The quantitative estimate of drug-likeness (QED) is 0.785. The summed E-state index contributed by atoms with van der Waals surface area (Å²) in [6.45, 7) is 8.08. The molecule has 2 rings (SSSR count). The van der Waals surface area contributed by atoms with E-state index in [1.54, 1.807) is 0 Å². The van der Waals surface area contributed by atoms with Crippen LogP contribution in [0, 0.1) is 11.8 Å². The molecule has 17 heavy (non-hydrogen) atoms. The molecule has 1 fully saturated rings. The minimum Gasteiger partial charge on any atom is -0.313 e. The van der Waals surface area contributed by atoms with Crippen LogP contribution in [0.4, 0.5) is 0 Å². The van der Waals surface area contributed by atoms with Gasteiger partial charge in [-0.25, -0.2) is 0 Å². The Labute approximate surface area is 106 Å². The van der Waals surface area contributed by atoms with Gasteiger partial charge in [0.25, 0.3) is 0 Å². The van der Waals surface area contributed by atoms with Crippen molar-refractivity contribution < 1.29 is 0 Å². The van der Waals surface area contributed by atoms with Gasteiger partial charge < -0.3 is 5.32 Å². The van der Waals surface area contributed by atoms with E-state index in [0.717, 1.165) is 12.5 Å². The SMILES string of the molecule is CC(C)C(CNC(C)C1CC1)c1ccccc1. The Morgan fingerprint density at radius 2 is 1.76 bits per heavy atom. The van der Waals surface area contributed by atoms with Gasteiger partial charge >= 0.3 is 0 Å². The largest absolute Gasteiger partial charge is 0.313 e. The predicted molar refractivity (Wildman–Crippen MR) is 74.2 cm³/mol. The maximum Gasteiger partial charge on any atom is 0.00672 e. The van der Waals surface area contributed by atoms with E-state index in [4.69, 9.17) is 0 Å². The standard InChI is InChI=1S/C16H25N/c1-12(2)16(15-7-5-4-6-8-15)11-17-13(3)14-9-10-14/h4-8,12-14,16-17H,9-11H2,1-3H3. The van der Waals surface area contributed by atoms with E-state index >= 15 is 0 Å². The highest BCUT2D eigenvalue weighted by Gasteiger charge is 2.28. The van der Waals surface area contributed by atoms with Gasteiger partial charge in [-0.1, -0.05) is 44.2 Å². The highest BCUT2D eigenvalue weighted by Crippen LogP contribution is 2.33. The van der Waals surface area contributed by atoms with Gasteiger partial charge in [0, 0.05) is 12.6 Å². The number of nitrogens with one attached hydrogen (secondary N) is 1. The van der Waals surface area contributed by atoms with Gasteiger partial charge in [-0.15, -0.1) is 0 Å². The first-order valence-electron chi connectivity index (χ1n) is 6.97. The Balaban J connectivity index is 1.93. The summed E-state index contributed by atoms with van der Waals surface area (Å²) < 4.78 is 0. The number of rotatable bonds is 6. The van der Waals surface area contributed by atoms with Gasteiger partial charge in [0.2, 0.25) is 0 Å². The molecular formula is C16H25N. The molecule has 94 valence electrons.